The van der Waals surface area contributed by atoms with Gasteiger partial charge in [0.25, 0.3) is 13.4 Å². The van der Waals surface area contributed by atoms with Crippen molar-refractivity contribution in [3.63, 3.8) is 0 Å². The van der Waals surface area contributed by atoms with E-state index < -0.39 is 62.9 Å². The van der Waals surface area contributed by atoms with Crippen LogP contribution in [0.3, 0.4) is 0 Å². The summed E-state index contributed by atoms with van der Waals surface area (Å²) < 4.78 is 65.5. The minimum absolute atomic E-state index is 0. The molecule has 0 spiro atoms. The summed E-state index contributed by atoms with van der Waals surface area (Å²) in [5.74, 6) is -2.09. The van der Waals surface area contributed by atoms with Gasteiger partial charge in [-0.1, -0.05) is 11.8 Å². The van der Waals surface area contributed by atoms with Crippen LogP contribution in [0.15, 0.2) is 21.9 Å². The number of nitrogens with zero attached hydrogens (tertiary/aromatic N) is 3. The smallest absolute Gasteiger partial charge is 0.756 e. The first-order chi connectivity index (χ1) is 14.6. The third-order valence-electron chi connectivity index (χ3n) is 4.51. The Morgan fingerprint density at radius 3 is 2.90 bits per heavy atom. The van der Waals surface area contributed by atoms with E-state index in [1.807, 2.05) is 0 Å². The van der Waals surface area contributed by atoms with Crippen LogP contribution in [0.25, 0.3) is 11.2 Å². The van der Waals surface area contributed by atoms with E-state index in [2.05, 4.69) is 19.5 Å². The van der Waals surface area contributed by atoms with Gasteiger partial charge < -0.3 is 29.5 Å². The maximum absolute atomic E-state index is 13.1. The Hall–Kier alpha value is -1.94. The van der Waals surface area contributed by atoms with Crippen LogP contribution < -0.4 is 16.2 Å². The molecule has 4 N–H and O–H groups in total. The molecular weight excluding hydrogens is 470 g/mol. The molecule has 5 atom stereocenters. The molecule has 0 amide bonds. The van der Waals surface area contributed by atoms with Gasteiger partial charge in [-0.3, -0.25) is 18.9 Å². The minimum atomic E-state index is -4.64. The number of phosphoric ester groups is 1. The predicted octanol–water partition coefficient (Wildman–Crippen LogP) is 0.516. The molecule has 2 aliphatic heterocycles. The predicted molar refractivity (Wildman–Crippen MR) is 97.7 cm³/mol. The maximum Gasteiger partial charge on any atom is 1.00 e. The molecule has 31 heavy (non-hydrogen) atoms. The number of rotatable bonds is 5. The number of allylic oxidation sites excluding steroid dienone is 1. The normalized spacial score (nSPS) is 30.5. The van der Waals surface area contributed by atoms with Crippen LogP contribution >= 0.6 is 19.6 Å². The monoisotopic (exact) mass is 485 g/mol. The maximum atomic E-state index is 13.1. The second-order valence-electron chi connectivity index (χ2n) is 6.52. The van der Waals surface area contributed by atoms with Gasteiger partial charge in [0.2, 0.25) is 5.95 Å². The molecule has 3 unspecified atom stereocenters. The average molecular weight is 485 g/mol. The summed E-state index contributed by atoms with van der Waals surface area (Å²) in [6, 6.07) is 0. The summed E-state index contributed by atoms with van der Waals surface area (Å²) in [4.78, 5) is 34.1. The number of ether oxygens (including phenoxy) is 1. The number of H-pyrrole nitrogens is 1. The Morgan fingerprint density at radius 2 is 2.19 bits per heavy atom. The van der Waals surface area contributed by atoms with Crippen molar-refractivity contribution < 1.29 is 42.9 Å². The van der Waals surface area contributed by atoms with Gasteiger partial charge in [0, 0.05) is 12.2 Å². The van der Waals surface area contributed by atoms with E-state index in [0.717, 1.165) is 16.3 Å². The lowest BCUT2D eigenvalue weighted by Gasteiger charge is -2.34. The number of nitrogens with one attached hydrogen (secondary N) is 1. The third-order valence-corrected chi connectivity index (χ3v) is 6.43. The highest BCUT2D eigenvalue weighted by Gasteiger charge is 2.51. The molecule has 170 valence electrons. The van der Waals surface area contributed by atoms with Crippen LogP contribution in [0.5, 0.6) is 0 Å². The molecule has 0 aliphatic carbocycles. The van der Waals surface area contributed by atoms with Gasteiger partial charge in [-0.25, -0.2) is 9.37 Å². The zero-order valence-electron chi connectivity index (χ0n) is 16.2. The fourth-order valence-corrected chi connectivity index (χ4v) is 5.08. The number of thioether (sulfide) groups is 1. The Balaban J connectivity index is 0.00000289. The number of aromatic nitrogens is 4. The number of aliphatic hydroxyl groups is 1. The number of phosphoric acid groups is 1. The molecule has 2 aromatic rings. The van der Waals surface area contributed by atoms with Crippen molar-refractivity contribution in [3.8, 4) is 0 Å². The van der Waals surface area contributed by atoms with E-state index >= 15 is 0 Å². The Kier molecular flexibility index (Phi) is 5.89. The summed E-state index contributed by atoms with van der Waals surface area (Å²) in [6.07, 6.45) is -8.26. The van der Waals surface area contributed by atoms with E-state index in [4.69, 9.17) is 15.0 Å². The van der Waals surface area contributed by atoms with Gasteiger partial charge in [0.1, 0.15) is 18.3 Å². The lowest BCUT2D eigenvalue weighted by molar-refractivity contribution is -0.245. The van der Waals surface area contributed by atoms with Gasteiger partial charge >= 0.3 is 7.51 Å². The first-order valence-corrected chi connectivity index (χ1v) is 11.1. The summed E-state index contributed by atoms with van der Waals surface area (Å²) in [5, 5.41) is 10.6. The molecule has 2 fully saturated rings. The van der Waals surface area contributed by atoms with Crippen molar-refractivity contribution in [2.45, 2.75) is 36.1 Å². The first-order valence-electron chi connectivity index (χ1n) is 8.65. The number of aliphatic hydroxyl groups excluding tert-OH is 1. The van der Waals surface area contributed by atoms with E-state index in [1.54, 1.807) is 0 Å². The lowest BCUT2D eigenvalue weighted by atomic mass is 10.1. The first kappa shape index (κ1) is 22.3. The highest BCUT2D eigenvalue weighted by Crippen LogP contribution is 2.50. The number of aromatic amines is 1. The number of fused-ring (bicyclic) bond motifs is 2. The third kappa shape index (κ3) is 4.24. The van der Waals surface area contributed by atoms with Gasteiger partial charge in [0.05, 0.1) is 6.61 Å². The van der Waals surface area contributed by atoms with Gasteiger partial charge in [-0.2, -0.15) is 13.8 Å². The summed E-state index contributed by atoms with van der Waals surface area (Å²) in [5.41, 5.74) is 4.53. The van der Waals surface area contributed by atoms with Crippen LogP contribution in [-0.4, -0.2) is 55.3 Å². The van der Waals surface area contributed by atoms with Crippen LogP contribution in [0.2, 0.25) is 0 Å². The van der Waals surface area contributed by atoms with Gasteiger partial charge in [0.15, 0.2) is 28.4 Å². The zero-order chi connectivity index (χ0) is 22.5. The summed E-state index contributed by atoms with van der Waals surface area (Å²) in [7, 11) is -4.64. The van der Waals surface area contributed by atoms with Crippen molar-refractivity contribution in [2.24, 2.45) is 0 Å². The zero-order valence-corrected chi connectivity index (χ0v) is 16.9. The van der Waals surface area contributed by atoms with Crippen molar-refractivity contribution in [2.75, 3.05) is 18.1 Å². The molecule has 0 radical (unpaired) electrons. The number of imidazole rings is 1. The van der Waals surface area contributed by atoms with Crippen molar-refractivity contribution in [3.05, 3.63) is 22.3 Å². The summed E-state index contributed by atoms with van der Waals surface area (Å²) >= 11 is 0.786. The van der Waals surface area contributed by atoms with E-state index in [-0.39, 0.29) is 29.4 Å². The van der Waals surface area contributed by atoms with Crippen molar-refractivity contribution in [1.29, 1.82) is 0 Å². The fraction of sp³-hybridized carbons (Fsp3) is 0.500. The highest BCUT2D eigenvalue weighted by molar-refractivity contribution is 7.99. The molecule has 2 aromatic heterocycles. The van der Waals surface area contributed by atoms with Crippen molar-refractivity contribution >= 4 is 36.7 Å². The molecular formula is C14H15F3N5O7PS. The number of halogens is 3. The Morgan fingerprint density at radius 1 is 1.45 bits per heavy atom. The molecule has 17 heteroatoms. The van der Waals surface area contributed by atoms with Crippen LogP contribution in [-0.2, 0) is 18.3 Å². The lowest BCUT2D eigenvalue weighted by Crippen LogP contribution is -2.41. The van der Waals surface area contributed by atoms with Gasteiger partial charge in [-0.15, -0.1) is 0 Å². The van der Waals surface area contributed by atoms with E-state index in [1.165, 1.54) is 0 Å². The molecule has 2 saturated heterocycles. The molecule has 0 saturated carbocycles. The van der Waals surface area contributed by atoms with Gasteiger partial charge in [-0.05, 0) is 0 Å². The second-order valence-corrected chi connectivity index (χ2v) is 8.95. The topological polar surface area (TPSA) is 178 Å². The molecule has 4 rings (SSSR count). The number of nitrogens with two attached hydrogens (primary N) is 1. The number of hydrogen-bond acceptors (Lipinski definition) is 11. The fourth-order valence-electron chi connectivity index (χ4n) is 3.18. The van der Waals surface area contributed by atoms with E-state index in [0.29, 0.717) is 0 Å². The number of anilines is 1. The second kappa shape index (κ2) is 8.20. The Bertz CT molecular complexity index is 1160. The number of hydrogen-bond donors (Lipinski definition) is 3. The molecule has 2 aliphatic rings. The largest absolute Gasteiger partial charge is 1.00 e. The quantitative estimate of drug-likeness (QED) is 0.397. The van der Waals surface area contributed by atoms with Crippen molar-refractivity contribution in [1.82, 2.24) is 19.5 Å². The standard InChI is InChI=1S/C14H15F3N5O7PS/c15-4(9(16)17)1-2-31-14-19-6-10(20-13(18)21-11(6)24)22(14)12-7(23)8-5(28-12)3-27-30(25,26)29-8/h5,7-8,12,23H,1-3H2,(H,25,26)(H3,18,20,21,24)/t5?,7?,8-,12-/m1/s1. The average Bonchev–Trinajstić information content (AvgIpc) is 3.18. The summed E-state index contributed by atoms with van der Waals surface area (Å²) in [6.45, 7) is -0.421. The molecule has 4 heterocycles. The SMILES string of the molecule is Nc1nc2c(nc(SCCC(F)=C(F)F)n2[C@@H]2OC3COP(=O)([O-])O[C@H]3C2O)c(=O)[nH]1.[H+]. The Labute approximate surface area is 176 Å². The van der Waals surface area contributed by atoms with Crippen LogP contribution in [0.1, 0.15) is 14.1 Å². The molecule has 0 bridgehead atoms. The van der Waals surface area contributed by atoms with Crippen LogP contribution in [0, 0.1) is 0 Å². The number of nitrogen functional groups attached to an aromatic ring is 1. The minimum Gasteiger partial charge on any atom is -0.756 e. The van der Waals surface area contributed by atoms with E-state index in [9.17, 15) is 32.5 Å². The molecule has 12 nitrogen and oxygen atoms in total. The highest BCUT2D eigenvalue weighted by atomic mass is 32.2. The van der Waals surface area contributed by atoms with Crippen LogP contribution in [0.4, 0.5) is 19.1 Å². The molecule has 0 aromatic carbocycles.